The van der Waals surface area contributed by atoms with Gasteiger partial charge in [-0.1, -0.05) is 117 Å². The number of hydrogen-bond acceptors (Lipinski definition) is 5. The number of aliphatic hydroxyl groups is 2. The lowest BCUT2D eigenvalue weighted by Crippen LogP contribution is -2.23. The molecule has 0 fully saturated rings. The van der Waals surface area contributed by atoms with Crippen LogP contribution < -0.4 is 0 Å². The molecule has 0 aliphatic heterocycles. The molecule has 2 unspecified atom stereocenters. The fourth-order valence-corrected chi connectivity index (χ4v) is 4.48. The molecule has 0 heterocycles. The average Bonchev–Trinajstić information content (AvgIpc) is 2.82. The van der Waals surface area contributed by atoms with E-state index in [0.29, 0.717) is 0 Å². The second-order valence-electron chi connectivity index (χ2n) is 10.1. The van der Waals surface area contributed by atoms with Crippen LogP contribution in [0, 0.1) is 0 Å². The van der Waals surface area contributed by atoms with Gasteiger partial charge in [0.2, 0.25) is 0 Å². The van der Waals surface area contributed by atoms with Crippen LogP contribution in [0.5, 0.6) is 0 Å². The Morgan fingerprint density at radius 2 is 0.750 bits per heavy atom. The summed E-state index contributed by atoms with van der Waals surface area (Å²) < 4.78 is 38.1. The Morgan fingerprint density at radius 1 is 0.500 bits per heavy atom. The van der Waals surface area contributed by atoms with E-state index in [-0.39, 0.29) is 25.4 Å². The molecular formula is C28H60O7S. The van der Waals surface area contributed by atoms with Crippen LogP contribution in [0.3, 0.4) is 0 Å². The molecule has 0 spiro atoms. The van der Waals surface area contributed by atoms with E-state index in [1.807, 2.05) is 0 Å². The van der Waals surface area contributed by atoms with Crippen molar-refractivity contribution in [3.8, 4) is 0 Å². The Hall–Kier alpha value is -0.250. The molecule has 8 heteroatoms. The van der Waals surface area contributed by atoms with Gasteiger partial charge in [0, 0.05) is 13.2 Å². The lowest BCUT2D eigenvalue weighted by molar-refractivity contribution is -0.0349. The maximum Gasteiger partial charge on any atom is 0.394 e. The largest absolute Gasteiger partial charge is 0.396 e. The van der Waals surface area contributed by atoms with Gasteiger partial charge in [0.05, 0.1) is 12.2 Å². The molecule has 0 amide bonds. The molecule has 0 aromatic heterocycles. The van der Waals surface area contributed by atoms with Crippen molar-refractivity contribution < 1.29 is 32.5 Å². The highest BCUT2D eigenvalue weighted by Crippen LogP contribution is 2.21. The van der Waals surface area contributed by atoms with E-state index in [1.54, 1.807) is 0 Å². The molecule has 2 atom stereocenters. The van der Waals surface area contributed by atoms with Crippen molar-refractivity contribution in [2.24, 2.45) is 0 Å². The number of aliphatic hydroxyl groups excluding tert-OH is 2. The molecule has 4 N–H and O–H groups in total. The van der Waals surface area contributed by atoms with Crippen LogP contribution in [0.1, 0.15) is 155 Å². The first kappa shape index (κ1) is 37.9. The van der Waals surface area contributed by atoms with Crippen molar-refractivity contribution in [1.29, 1.82) is 0 Å². The number of rotatable bonds is 26. The standard InChI is InChI=1S/C28H58O3.H2O4S/c1-3-5-7-9-11-13-15-17-21-27(23-19-25-29)31-28(24-20-26-30)22-18-16-14-12-10-8-6-4-2;1-5(2,3)4/h27-30H,3-26H2,1-2H3;(H2,1,2,3,4). The van der Waals surface area contributed by atoms with E-state index in [1.165, 1.54) is 103 Å². The van der Waals surface area contributed by atoms with Crippen molar-refractivity contribution in [1.82, 2.24) is 0 Å². The molecule has 0 saturated heterocycles. The van der Waals surface area contributed by atoms with Gasteiger partial charge in [-0.25, -0.2) is 0 Å². The number of unbranched alkanes of at least 4 members (excludes halogenated alkanes) is 14. The first-order chi connectivity index (χ1) is 17.3. The van der Waals surface area contributed by atoms with Gasteiger partial charge in [-0.2, -0.15) is 8.42 Å². The first-order valence-electron chi connectivity index (χ1n) is 14.8. The topological polar surface area (TPSA) is 124 Å². The molecule has 0 aromatic rings. The zero-order chi connectivity index (χ0) is 27.3. The van der Waals surface area contributed by atoms with Crippen LogP contribution >= 0.6 is 0 Å². The summed E-state index contributed by atoms with van der Waals surface area (Å²) in [5.74, 6) is 0. The van der Waals surface area contributed by atoms with E-state index in [4.69, 9.17) is 22.3 Å². The molecule has 0 aromatic carbocycles. The van der Waals surface area contributed by atoms with E-state index >= 15 is 0 Å². The van der Waals surface area contributed by atoms with Crippen LogP contribution in [-0.2, 0) is 15.1 Å². The molecule has 0 aliphatic rings. The fourth-order valence-electron chi connectivity index (χ4n) is 4.48. The predicted molar refractivity (Wildman–Crippen MR) is 150 cm³/mol. The van der Waals surface area contributed by atoms with E-state index in [0.717, 1.165) is 38.5 Å². The molecule has 220 valence electrons. The summed E-state index contributed by atoms with van der Waals surface area (Å²) in [6, 6.07) is 0. The summed E-state index contributed by atoms with van der Waals surface area (Å²) in [4.78, 5) is 0. The third-order valence-corrected chi connectivity index (χ3v) is 6.51. The smallest absolute Gasteiger partial charge is 0.394 e. The molecule has 0 saturated carbocycles. The Bertz CT molecular complexity index is 476. The van der Waals surface area contributed by atoms with Gasteiger partial charge in [0.15, 0.2) is 0 Å². The highest BCUT2D eigenvalue weighted by atomic mass is 32.3. The summed E-state index contributed by atoms with van der Waals surface area (Å²) in [6.45, 7) is 5.07. The van der Waals surface area contributed by atoms with Gasteiger partial charge < -0.3 is 14.9 Å². The SMILES string of the molecule is CCCCCCCCCCC(CCCO)OC(CCCO)CCCCCCCCCC.O=S(=O)(O)O. The summed E-state index contributed by atoms with van der Waals surface area (Å²) in [5.41, 5.74) is 0. The third kappa shape index (κ3) is 35.9. The van der Waals surface area contributed by atoms with Crippen LogP contribution in [0.25, 0.3) is 0 Å². The maximum absolute atomic E-state index is 9.29. The minimum absolute atomic E-state index is 0.261. The van der Waals surface area contributed by atoms with Gasteiger partial charge in [-0.15, -0.1) is 0 Å². The van der Waals surface area contributed by atoms with Crippen molar-refractivity contribution in [2.45, 2.75) is 167 Å². The van der Waals surface area contributed by atoms with Gasteiger partial charge in [0.1, 0.15) is 0 Å². The predicted octanol–water partition coefficient (Wildman–Crippen LogP) is 7.69. The van der Waals surface area contributed by atoms with Crippen LogP contribution in [0.4, 0.5) is 0 Å². The normalized spacial score (nSPS) is 13.3. The molecule has 0 radical (unpaired) electrons. The van der Waals surface area contributed by atoms with Gasteiger partial charge >= 0.3 is 10.4 Å². The zero-order valence-corrected chi connectivity index (χ0v) is 24.4. The van der Waals surface area contributed by atoms with Gasteiger partial charge in [0.25, 0.3) is 0 Å². The molecular weight excluding hydrogens is 480 g/mol. The number of hydrogen-bond donors (Lipinski definition) is 4. The monoisotopic (exact) mass is 540 g/mol. The molecule has 7 nitrogen and oxygen atoms in total. The van der Waals surface area contributed by atoms with E-state index in [9.17, 15) is 10.2 Å². The lowest BCUT2D eigenvalue weighted by Gasteiger charge is -2.25. The summed E-state index contributed by atoms with van der Waals surface area (Å²) in [6.07, 6.45) is 28.0. The second kappa shape index (κ2) is 29.3. The Balaban J connectivity index is 0. The number of ether oxygens (including phenoxy) is 1. The third-order valence-electron chi connectivity index (χ3n) is 6.51. The summed E-state index contributed by atoms with van der Waals surface area (Å²) in [7, 11) is -4.67. The van der Waals surface area contributed by atoms with Crippen molar-refractivity contribution in [3.05, 3.63) is 0 Å². The lowest BCUT2D eigenvalue weighted by atomic mass is 10.0. The summed E-state index contributed by atoms with van der Waals surface area (Å²) >= 11 is 0. The highest BCUT2D eigenvalue weighted by Gasteiger charge is 2.16. The minimum Gasteiger partial charge on any atom is -0.396 e. The van der Waals surface area contributed by atoms with Crippen LogP contribution in [0.15, 0.2) is 0 Å². The average molecular weight is 541 g/mol. The van der Waals surface area contributed by atoms with Crippen LogP contribution in [-0.4, -0.2) is 53.2 Å². The van der Waals surface area contributed by atoms with Crippen molar-refractivity contribution in [3.63, 3.8) is 0 Å². The molecule has 0 bridgehead atoms. The maximum atomic E-state index is 9.29. The summed E-state index contributed by atoms with van der Waals surface area (Å²) in [5, 5.41) is 18.6. The Kier molecular flexibility index (Phi) is 30.9. The fraction of sp³-hybridized carbons (Fsp3) is 1.00. The first-order valence-corrected chi connectivity index (χ1v) is 16.2. The minimum atomic E-state index is -4.67. The van der Waals surface area contributed by atoms with Crippen molar-refractivity contribution >= 4 is 10.4 Å². The van der Waals surface area contributed by atoms with Crippen LogP contribution in [0.2, 0.25) is 0 Å². The van der Waals surface area contributed by atoms with Crippen molar-refractivity contribution in [2.75, 3.05) is 13.2 Å². The van der Waals surface area contributed by atoms with Gasteiger partial charge in [-0.3, -0.25) is 9.11 Å². The molecule has 0 aliphatic carbocycles. The Labute approximate surface area is 223 Å². The van der Waals surface area contributed by atoms with E-state index in [2.05, 4.69) is 13.8 Å². The zero-order valence-electron chi connectivity index (χ0n) is 23.5. The second-order valence-corrected chi connectivity index (χ2v) is 11.0. The molecule has 0 rings (SSSR count). The quantitative estimate of drug-likeness (QED) is 0.0654. The van der Waals surface area contributed by atoms with E-state index < -0.39 is 10.4 Å². The van der Waals surface area contributed by atoms with Gasteiger partial charge in [-0.05, 0) is 38.5 Å². The molecule has 36 heavy (non-hydrogen) atoms. The Morgan fingerprint density at radius 3 is 1.03 bits per heavy atom. The highest BCUT2D eigenvalue weighted by molar-refractivity contribution is 7.79.